The Kier molecular flexibility index (Phi) is 3.45. The highest BCUT2D eigenvalue weighted by atomic mass is 35.5. The van der Waals surface area contributed by atoms with E-state index in [9.17, 15) is 5.11 Å². The molecular weight excluding hydrogens is 272 g/mol. The minimum absolute atomic E-state index is 0.113. The van der Waals surface area contributed by atoms with Crippen molar-refractivity contribution in [1.29, 1.82) is 0 Å². The van der Waals surface area contributed by atoms with E-state index >= 15 is 0 Å². The van der Waals surface area contributed by atoms with Crippen LogP contribution in [-0.4, -0.2) is 5.11 Å². The van der Waals surface area contributed by atoms with Crippen molar-refractivity contribution in [2.45, 2.75) is 32.5 Å². The summed E-state index contributed by atoms with van der Waals surface area (Å²) in [4.78, 5) is 0. The zero-order valence-electron chi connectivity index (χ0n) is 11.6. The SMILES string of the molecule is Cc1ccc(C2CC(O)c3cc(Cl)ccc3O2)cc1C. The first-order chi connectivity index (χ1) is 9.54. The molecule has 1 aliphatic rings. The van der Waals surface area contributed by atoms with Gasteiger partial charge in [-0.2, -0.15) is 0 Å². The van der Waals surface area contributed by atoms with Crippen LogP contribution in [0.2, 0.25) is 5.02 Å². The number of aliphatic hydroxyl groups is 1. The van der Waals surface area contributed by atoms with Gasteiger partial charge in [0.25, 0.3) is 0 Å². The molecule has 1 N–H and O–H groups in total. The molecule has 2 nitrogen and oxygen atoms in total. The molecule has 104 valence electrons. The van der Waals surface area contributed by atoms with Crippen molar-refractivity contribution < 1.29 is 9.84 Å². The van der Waals surface area contributed by atoms with Crippen molar-refractivity contribution in [3.8, 4) is 5.75 Å². The van der Waals surface area contributed by atoms with Gasteiger partial charge < -0.3 is 9.84 Å². The summed E-state index contributed by atoms with van der Waals surface area (Å²) in [6.07, 6.45) is -0.0995. The average molecular weight is 289 g/mol. The molecule has 1 heterocycles. The minimum Gasteiger partial charge on any atom is -0.485 e. The number of aryl methyl sites for hydroxylation is 2. The highest BCUT2D eigenvalue weighted by Crippen LogP contribution is 2.41. The maximum absolute atomic E-state index is 10.3. The van der Waals surface area contributed by atoms with Gasteiger partial charge in [-0.25, -0.2) is 0 Å². The number of hydrogen-bond acceptors (Lipinski definition) is 2. The minimum atomic E-state index is -0.538. The molecule has 0 saturated carbocycles. The van der Waals surface area contributed by atoms with E-state index in [1.165, 1.54) is 11.1 Å². The number of benzene rings is 2. The van der Waals surface area contributed by atoms with Gasteiger partial charge in [0.05, 0.1) is 6.10 Å². The number of fused-ring (bicyclic) bond motifs is 1. The molecule has 0 bridgehead atoms. The molecule has 0 aromatic heterocycles. The molecule has 1 aliphatic heterocycles. The molecule has 0 amide bonds. The number of ether oxygens (including phenoxy) is 1. The molecule has 2 unspecified atom stereocenters. The van der Waals surface area contributed by atoms with Gasteiger partial charge >= 0.3 is 0 Å². The Morgan fingerprint density at radius 1 is 1.10 bits per heavy atom. The predicted octanol–water partition coefficient (Wildman–Crippen LogP) is 4.51. The Labute approximate surface area is 124 Å². The summed E-state index contributed by atoms with van der Waals surface area (Å²) in [6.45, 7) is 4.18. The molecule has 20 heavy (non-hydrogen) atoms. The standard InChI is InChI=1S/C17H17ClO2/c1-10-3-4-12(7-11(10)2)17-9-15(19)14-8-13(18)5-6-16(14)20-17/h3-8,15,17,19H,9H2,1-2H3. The van der Waals surface area contributed by atoms with Crippen LogP contribution in [0.1, 0.15) is 40.9 Å². The van der Waals surface area contributed by atoms with E-state index in [0.717, 1.165) is 16.9 Å². The second-order valence-corrected chi connectivity index (χ2v) is 5.82. The second-order valence-electron chi connectivity index (χ2n) is 5.38. The summed E-state index contributed by atoms with van der Waals surface area (Å²) in [5, 5.41) is 10.9. The first-order valence-electron chi connectivity index (χ1n) is 6.76. The van der Waals surface area contributed by atoms with E-state index in [-0.39, 0.29) is 6.10 Å². The molecule has 0 saturated heterocycles. The van der Waals surface area contributed by atoms with Gasteiger partial charge in [-0.15, -0.1) is 0 Å². The molecule has 0 radical (unpaired) electrons. The lowest BCUT2D eigenvalue weighted by Gasteiger charge is -2.30. The van der Waals surface area contributed by atoms with Crippen molar-refractivity contribution in [2.24, 2.45) is 0 Å². The lowest BCUT2D eigenvalue weighted by molar-refractivity contribution is 0.0657. The van der Waals surface area contributed by atoms with E-state index in [1.807, 2.05) is 6.07 Å². The molecule has 0 spiro atoms. The maximum Gasteiger partial charge on any atom is 0.127 e. The number of aliphatic hydroxyl groups excluding tert-OH is 1. The van der Waals surface area contributed by atoms with Gasteiger partial charge in [0, 0.05) is 17.0 Å². The van der Waals surface area contributed by atoms with Crippen molar-refractivity contribution in [2.75, 3.05) is 0 Å². The molecule has 3 heteroatoms. The quantitative estimate of drug-likeness (QED) is 0.836. The Balaban J connectivity index is 1.94. The van der Waals surface area contributed by atoms with Crippen molar-refractivity contribution in [1.82, 2.24) is 0 Å². The number of rotatable bonds is 1. The third kappa shape index (κ3) is 2.41. The average Bonchev–Trinajstić information content (AvgIpc) is 2.42. The van der Waals surface area contributed by atoms with E-state index in [2.05, 4.69) is 32.0 Å². The van der Waals surface area contributed by atoms with Crippen LogP contribution in [0.25, 0.3) is 0 Å². The summed E-state index contributed by atoms with van der Waals surface area (Å²) in [5.41, 5.74) is 4.38. The fraction of sp³-hybridized carbons (Fsp3) is 0.294. The van der Waals surface area contributed by atoms with Crippen molar-refractivity contribution >= 4 is 11.6 Å². The third-order valence-electron chi connectivity index (χ3n) is 3.94. The lowest BCUT2D eigenvalue weighted by atomic mass is 9.93. The van der Waals surface area contributed by atoms with Crippen LogP contribution in [0.4, 0.5) is 0 Å². The Hall–Kier alpha value is -1.51. The number of halogens is 1. The predicted molar refractivity (Wildman–Crippen MR) is 80.3 cm³/mol. The zero-order chi connectivity index (χ0) is 14.3. The van der Waals surface area contributed by atoms with E-state index in [1.54, 1.807) is 12.1 Å². The van der Waals surface area contributed by atoms with E-state index in [0.29, 0.717) is 11.4 Å². The van der Waals surface area contributed by atoms with Crippen LogP contribution in [-0.2, 0) is 0 Å². The third-order valence-corrected chi connectivity index (χ3v) is 4.18. The molecule has 2 atom stereocenters. The maximum atomic E-state index is 10.3. The molecular formula is C17H17ClO2. The van der Waals surface area contributed by atoms with Crippen LogP contribution in [0.5, 0.6) is 5.75 Å². The fourth-order valence-corrected chi connectivity index (χ4v) is 2.77. The monoisotopic (exact) mass is 288 g/mol. The summed E-state index contributed by atoms with van der Waals surface area (Å²) < 4.78 is 6.02. The van der Waals surface area contributed by atoms with Gasteiger partial charge in [0.2, 0.25) is 0 Å². The first kappa shape index (κ1) is 13.5. The Morgan fingerprint density at radius 3 is 2.65 bits per heavy atom. The van der Waals surface area contributed by atoms with Gasteiger partial charge in [0.1, 0.15) is 11.9 Å². The molecule has 0 aliphatic carbocycles. The van der Waals surface area contributed by atoms with Gasteiger partial charge in [-0.3, -0.25) is 0 Å². The zero-order valence-corrected chi connectivity index (χ0v) is 12.3. The summed E-state index contributed by atoms with van der Waals surface area (Å²) in [7, 11) is 0. The van der Waals surface area contributed by atoms with Gasteiger partial charge in [-0.05, 0) is 48.7 Å². The first-order valence-corrected chi connectivity index (χ1v) is 7.13. The Bertz CT molecular complexity index is 651. The number of hydrogen-bond donors (Lipinski definition) is 1. The van der Waals surface area contributed by atoms with E-state index in [4.69, 9.17) is 16.3 Å². The van der Waals surface area contributed by atoms with Crippen molar-refractivity contribution in [3.63, 3.8) is 0 Å². The smallest absolute Gasteiger partial charge is 0.127 e. The molecule has 2 aromatic rings. The van der Waals surface area contributed by atoms with E-state index < -0.39 is 6.10 Å². The summed E-state index contributed by atoms with van der Waals surface area (Å²) in [5.74, 6) is 0.719. The molecule has 3 rings (SSSR count). The fourth-order valence-electron chi connectivity index (χ4n) is 2.59. The van der Waals surface area contributed by atoms with Gasteiger partial charge in [0.15, 0.2) is 0 Å². The summed E-state index contributed by atoms with van der Waals surface area (Å²) >= 11 is 5.97. The second kappa shape index (κ2) is 5.12. The lowest BCUT2D eigenvalue weighted by Crippen LogP contribution is -2.19. The molecule has 2 aromatic carbocycles. The van der Waals surface area contributed by atoms with Crippen LogP contribution < -0.4 is 4.74 Å². The van der Waals surface area contributed by atoms with Gasteiger partial charge in [-0.1, -0.05) is 29.8 Å². The van der Waals surface area contributed by atoms with Crippen LogP contribution >= 0.6 is 11.6 Å². The van der Waals surface area contributed by atoms with Crippen molar-refractivity contribution in [3.05, 3.63) is 63.7 Å². The topological polar surface area (TPSA) is 29.5 Å². The normalized spacial score (nSPS) is 21.2. The molecule has 0 fully saturated rings. The van der Waals surface area contributed by atoms with Crippen LogP contribution in [0.15, 0.2) is 36.4 Å². The van der Waals surface area contributed by atoms with Crippen LogP contribution in [0, 0.1) is 13.8 Å². The summed E-state index contributed by atoms with van der Waals surface area (Å²) in [6, 6.07) is 11.7. The highest BCUT2D eigenvalue weighted by molar-refractivity contribution is 6.30. The highest BCUT2D eigenvalue weighted by Gasteiger charge is 2.28. The Morgan fingerprint density at radius 2 is 1.90 bits per heavy atom. The largest absolute Gasteiger partial charge is 0.485 e. The van der Waals surface area contributed by atoms with Crippen LogP contribution in [0.3, 0.4) is 0 Å².